The van der Waals surface area contributed by atoms with Crippen LogP contribution in [0, 0.1) is 0 Å². The minimum atomic E-state index is -0.379. The van der Waals surface area contributed by atoms with E-state index in [1.807, 2.05) is 6.07 Å². The SMILES string of the molecule is O=C(Nc1ccc(-c2nc3ncccc3o2)cc1)c1ccc(-c2ccc(Cl)cc2Cl)o1. The number of nitrogens with one attached hydrogen (secondary N) is 1. The van der Waals surface area contributed by atoms with Gasteiger partial charge in [0.25, 0.3) is 5.91 Å². The Morgan fingerprint density at radius 1 is 0.935 bits per heavy atom. The molecule has 6 nitrogen and oxygen atoms in total. The van der Waals surface area contributed by atoms with Crippen LogP contribution < -0.4 is 5.32 Å². The number of furan rings is 1. The van der Waals surface area contributed by atoms with E-state index in [0.717, 1.165) is 5.56 Å². The summed E-state index contributed by atoms with van der Waals surface area (Å²) in [6, 6.07) is 19.1. The number of rotatable bonds is 4. The average Bonchev–Trinajstić information content (AvgIpc) is 3.42. The van der Waals surface area contributed by atoms with Crippen molar-refractivity contribution < 1.29 is 13.6 Å². The van der Waals surface area contributed by atoms with Crippen LogP contribution in [0.15, 0.2) is 81.8 Å². The van der Waals surface area contributed by atoms with E-state index < -0.39 is 0 Å². The Bertz CT molecular complexity index is 1370. The molecular formula is C23H13Cl2N3O3. The molecule has 1 amide bonds. The largest absolute Gasteiger partial charge is 0.451 e. The molecule has 0 saturated carbocycles. The predicted octanol–water partition coefficient (Wildman–Crippen LogP) is 6.71. The van der Waals surface area contributed by atoms with Crippen LogP contribution in [0.25, 0.3) is 34.0 Å². The Kier molecular flexibility index (Phi) is 4.94. The number of carbonyl (C=O) groups excluding carboxylic acids is 1. The molecule has 5 aromatic rings. The van der Waals surface area contributed by atoms with Crippen LogP contribution in [0.4, 0.5) is 5.69 Å². The van der Waals surface area contributed by atoms with E-state index in [4.69, 9.17) is 32.0 Å². The topological polar surface area (TPSA) is 81.2 Å². The van der Waals surface area contributed by atoms with Gasteiger partial charge in [0.1, 0.15) is 5.76 Å². The fourth-order valence-corrected chi connectivity index (χ4v) is 3.58. The first-order chi connectivity index (χ1) is 15.1. The second kappa shape index (κ2) is 7.91. The molecule has 0 fully saturated rings. The molecule has 0 aliphatic heterocycles. The van der Waals surface area contributed by atoms with E-state index in [0.29, 0.717) is 44.2 Å². The van der Waals surface area contributed by atoms with Crippen LogP contribution in [-0.2, 0) is 0 Å². The number of benzene rings is 2. The number of fused-ring (bicyclic) bond motifs is 1. The molecule has 5 rings (SSSR count). The molecule has 0 bridgehead atoms. The summed E-state index contributed by atoms with van der Waals surface area (Å²) in [5.41, 5.74) is 3.19. The number of oxazole rings is 1. The number of hydrogen-bond donors (Lipinski definition) is 1. The van der Waals surface area contributed by atoms with Crippen molar-refractivity contribution in [1.82, 2.24) is 9.97 Å². The maximum Gasteiger partial charge on any atom is 0.291 e. The maximum atomic E-state index is 12.6. The van der Waals surface area contributed by atoms with E-state index in [9.17, 15) is 4.79 Å². The standard InChI is InChI=1S/C23H13Cl2N3O3/c24-14-5-8-16(17(25)12-14)18-9-10-20(30-18)22(29)27-15-6-3-13(4-7-15)23-28-21-19(31-23)2-1-11-26-21/h1-12H,(H,27,29). The Morgan fingerprint density at radius 3 is 2.55 bits per heavy atom. The van der Waals surface area contributed by atoms with Crippen LogP contribution in [0.3, 0.4) is 0 Å². The molecule has 3 aromatic heterocycles. The first-order valence-corrected chi connectivity index (χ1v) is 10.0. The molecule has 0 aliphatic carbocycles. The van der Waals surface area contributed by atoms with Gasteiger partial charge in [0.2, 0.25) is 5.89 Å². The summed E-state index contributed by atoms with van der Waals surface area (Å²) in [6.07, 6.45) is 1.66. The molecular weight excluding hydrogens is 437 g/mol. The normalized spacial score (nSPS) is 11.0. The van der Waals surface area contributed by atoms with Gasteiger partial charge in [0.05, 0.1) is 5.02 Å². The van der Waals surface area contributed by atoms with Crippen LogP contribution in [-0.4, -0.2) is 15.9 Å². The summed E-state index contributed by atoms with van der Waals surface area (Å²) in [5, 5.41) is 3.77. The lowest BCUT2D eigenvalue weighted by atomic mass is 10.2. The molecule has 152 valence electrons. The third-order valence-corrected chi connectivity index (χ3v) is 5.13. The van der Waals surface area contributed by atoms with Crippen molar-refractivity contribution in [1.29, 1.82) is 0 Å². The highest BCUT2D eigenvalue weighted by Gasteiger charge is 2.15. The average molecular weight is 450 g/mol. The van der Waals surface area contributed by atoms with E-state index in [1.54, 1.807) is 66.9 Å². The van der Waals surface area contributed by atoms with E-state index in [-0.39, 0.29) is 11.7 Å². The predicted molar refractivity (Wildman–Crippen MR) is 119 cm³/mol. The van der Waals surface area contributed by atoms with Crippen LogP contribution in [0.5, 0.6) is 0 Å². The van der Waals surface area contributed by atoms with Gasteiger partial charge >= 0.3 is 0 Å². The number of amides is 1. The number of halogens is 2. The lowest BCUT2D eigenvalue weighted by Crippen LogP contribution is -2.10. The quantitative estimate of drug-likeness (QED) is 0.329. The molecule has 1 N–H and O–H groups in total. The van der Waals surface area contributed by atoms with Crippen molar-refractivity contribution in [2.75, 3.05) is 5.32 Å². The Balaban J connectivity index is 1.32. The molecule has 0 spiro atoms. The molecule has 3 heterocycles. The minimum Gasteiger partial charge on any atom is -0.451 e. The summed E-state index contributed by atoms with van der Waals surface area (Å²) >= 11 is 12.1. The Labute approximate surface area is 186 Å². The molecule has 31 heavy (non-hydrogen) atoms. The number of carbonyl (C=O) groups is 1. The van der Waals surface area contributed by atoms with Crippen molar-refractivity contribution in [2.45, 2.75) is 0 Å². The molecule has 0 atom stereocenters. The smallest absolute Gasteiger partial charge is 0.291 e. The van der Waals surface area contributed by atoms with Crippen LogP contribution in [0.2, 0.25) is 10.0 Å². The first-order valence-electron chi connectivity index (χ1n) is 9.25. The molecule has 0 unspecified atom stereocenters. The molecule has 0 radical (unpaired) electrons. The summed E-state index contributed by atoms with van der Waals surface area (Å²) < 4.78 is 11.4. The van der Waals surface area contributed by atoms with Gasteiger partial charge in [-0.05, 0) is 66.7 Å². The minimum absolute atomic E-state index is 0.162. The lowest BCUT2D eigenvalue weighted by Gasteiger charge is -2.04. The summed E-state index contributed by atoms with van der Waals surface area (Å²) in [7, 11) is 0. The van der Waals surface area contributed by atoms with Gasteiger partial charge in [-0.2, -0.15) is 4.98 Å². The zero-order valence-corrected chi connectivity index (χ0v) is 17.3. The fourth-order valence-electron chi connectivity index (χ4n) is 3.08. The zero-order valence-electron chi connectivity index (χ0n) is 15.8. The highest BCUT2D eigenvalue weighted by atomic mass is 35.5. The van der Waals surface area contributed by atoms with Crippen LogP contribution in [0.1, 0.15) is 10.6 Å². The zero-order chi connectivity index (χ0) is 21.4. The third-order valence-electron chi connectivity index (χ3n) is 4.58. The van der Waals surface area contributed by atoms with Gasteiger partial charge in [0.15, 0.2) is 17.0 Å². The lowest BCUT2D eigenvalue weighted by molar-refractivity contribution is 0.0997. The second-order valence-electron chi connectivity index (χ2n) is 6.66. The van der Waals surface area contributed by atoms with Crippen LogP contribution >= 0.6 is 23.2 Å². The molecule has 8 heteroatoms. The number of hydrogen-bond acceptors (Lipinski definition) is 5. The second-order valence-corrected chi connectivity index (χ2v) is 7.51. The van der Waals surface area contributed by atoms with Crippen molar-refractivity contribution in [3.05, 3.63) is 88.7 Å². The molecule has 2 aromatic carbocycles. The number of nitrogens with zero attached hydrogens (tertiary/aromatic N) is 2. The van der Waals surface area contributed by atoms with Crippen molar-refractivity contribution in [3.8, 4) is 22.8 Å². The van der Waals surface area contributed by atoms with Crippen molar-refractivity contribution >= 4 is 46.0 Å². The third kappa shape index (κ3) is 3.91. The molecule has 0 saturated heterocycles. The molecule has 0 aliphatic rings. The summed E-state index contributed by atoms with van der Waals surface area (Å²) in [6.45, 7) is 0. The highest BCUT2D eigenvalue weighted by molar-refractivity contribution is 6.36. The van der Waals surface area contributed by atoms with Gasteiger partial charge in [-0.3, -0.25) is 4.79 Å². The van der Waals surface area contributed by atoms with Gasteiger partial charge in [-0.15, -0.1) is 0 Å². The summed E-state index contributed by atoms with van der Waals surface area (Å²) in [4.78, 5) is 21.1. The monoisotopic (exact) mass is 449 g/mol. The first kappa shape index (κ1) is 19.4. The number of anilines is 1. The fraction of sp³-hybridized carbons (Fsp3) is 0. The van der Waals surface area contributed by atoms with Gasteiger partial charge in [-0.25, -0.2) is 4.98 Å². The van der Waals surface area contributed by atoms with Crippen molar-refractivity contribution in [3.63, 3.8) is 0 Å². The Morgan fingerprint density at radius 2 is 1.77 bits per heavy atom. The van der Waals surface area contributed by atoms with Gasteiger partial charge in [0, 0.05) is 28.0 Å². The van der Waals surface area contributed by atoms with E-state index in [1.165, 1.54) is 0 Å². The Hall–Kier alpha value is -3.61. The van der Waals surface area contributed by atoms with Crippen molar-refractivity contribution in [2.24, 2.45) is 0 Å². The van der Waals surface area contributed by atoms with E-state index in [2.05, 4.69) is 15.3 Å². The van der Waals surface area contributed by atoms with Gasteiger partial charge in [-0.1, -0.05) is 23.2 Å². The highest BCUT2D eigenvalue weighted by Crippen LogP contribution is 2.32. The number of pyridine rings is 1. The van der Waals surface area contributed by atoms with E-state index >= 15 is 0 Å². The number of aromatic nitrogens is 2. The van der Waals surface area contributed by atoms with Gasteiger partial charge < -0.3 is 14.2 Å². The summed E-state index contributed by atoms with van der Waals surface area (Å²) in [5.74, 6) is 0.721. The maximum absolute atomic E-state index is 12.6.